The lowest BCUT2D eigenvalue weighted by molar-refractivity contribution is -0.121. The third kappa shape index (κ3) is 3.85. The van der Waals surface area contributed by atoms with Crippen LogP contribution in [0.15, 0.2) is 45.6 Å². The molecule has 0 radical (unpaired) electrons. The Hall–Kier alpha value is -2.53. The van der Waals surface area contributed by atoms with E-state index in [9.17, 15) is 9.59 Å². The van der Waals surface area contributed by atoms with Gasteiger partial charge in [0.05, 0.1) is 11.6 Å². The Balaban J connectivity index is 1.41. The van der Waals surface area contributed by atoms with Crippen molar-refractivity contribution >= 4 is 28.6 Å². The summed E-state index contributed by atoms with van der Waals surface area (Å²) >= 11 is 5.93. The van der Waals surface area contributed by atoms with Crippen LogP contribution in [0, 0.1) is 0 Å². The summed E-state index contributed by atoms with van der Waals surface area (Å²) in [5, 5.41) is 3.54. The average Bonchev–Trinajstić information content (AvgIpc) is 2.99. The van der Waals surface area contributed by atoms with Gasteiger partial charge >= 0.3 is 5.76 Å². The van der Waals surface area contributed by atoms with Gasteiger partial charge in [-0.05, 0) is 61.4 Å². The van der Waals surface area contributed by atoms with Gasteiger partial charge in [0.15, 0.2) is 5.58 Å². The van der Waals surface area contributed by atoms with E-state index in [1.54, 1.807) is 18.2 Å². The van der Waals surface area contributed by atoms with Crippen LogP contribution in [-0.2, 0) is 24.2 Å². The quantitative estimate of drug-likeness (QED) is 0.693. The third-order valence-corrected chi connectivity index (χ3v) is 5.68. The fourth-order valence-electron chi connectivity index (χ4n) is 3.88. The highest BCUT2D eigenvalue weighted by Gasteiger charge is 2.15. The summed E-state index contributed by atoms with van der Waals surface area (Å²) in [6, 6.07) is 11.5. The summed E-state index contributed by atoms with van der Waals surface area (Å²) in [5.74, 6) is -0.576. The molecule has 0 aliphatic heterocycles. The van der Waals surface area contributed by atoms with Gasteiger partial charge in [0, 0.05) is 24.1 Å². The number of benzene rings is 2. The zero-order valence-electron chi connectivity index (χ0n) is 15.8. The van der Waals surface area contributed by atoms with Gasteiger partial charge in [-0.2, -0.15) is 0 Å². The zero-order chi connectivity index (χ0) is 19.7. The topological polar surface area (TPSA) is 64.2 Å². The van der Waals surface area contributed by atoms with Crippen LogP contribution in [0.4, 0.5) is 0 Å². The largest absolute Gasteiger partial charge is 0.419 e. The highest BCUT2D eigenvalue weighted by atomic mass is 35.5. The van der Waals surface area contributed by atoms with Gasteiger partial charge in [-0.1, -0.05) is 29.8 Å². The van der Waals surface area contributed by atoms with E-state index in [1.165, 1.54) is 28.5 Å². The van der Waals surface area contributed by atoms with Crippen LogP contribution < -0.4 is 11.1 Å². The minimum Gasteiger partial charge on any atom is -0.408 e. The number of amides is 1. The van der Waals surface area contributed by atoms with Gasteiger partial charge in [0.1, 0.15) is 0 Å². The van der Waals surface area contributed by atoms with E-state index in [-0.39, 0.29) is 24.9 Å². The maximum absolute atomic E-state index is 12.4. The Morgan fingerprint density at radius 1 is 1.18 bits per heavy atom. The third-order valence-electron chi connectivity index (χ3n) is 5.44. The highest BCUT2D eigenvalue weighted by Crippen LogP contribution is 2.25. The number of nitrogens with zero attached hydrogens (tertiary/aromatic N) is 1. The Labute approximate surface area is 168 Å². The number of oxazole rings is 1. The molecule has 1 aliphatic rings. The lowest BCUT2D eigenvalue weighted by Gasteiger charge is -2.20. The molecule has 1 aliphatic carbocycles. The van der Waals surface area contributed by atoms with Gasteiger partial charge in [-0.25, -0.2) is 4.79 Å². The molecular weight excluding hydrogens is 376 g/mol. The molecule has 4 rings (SSSR count). The van der Waals surface area contributed by atoms with E-state index < -0.39 is 5.76 Å². The molecule has 6 heteroatoms. The second-order valence-corrected chi connectivity index (χ2v) is 7.84. The van der Waals surface area contributed by atoms with Crippen molar-refractivity contribution in [2.45, 2.75) is 51.6 Å². The minimum absolute atomic E-state index is 0.0728. The molecule has 1 N–H and O–H groups in total. The summed E-state index contributed by atoms with van der Waals surface area (Å²) < 4.78 is 6.67. The van der Waals surface area contributed by atoms with E-state index in [4.69, 9.17) is 16.0 Å². The lowest BCUT2D eigenvalue weighted by Crippen LogP contribution is -2.28. The van der Waals surface area contributed by atoms with Crippen molar-refractivity contribution in [1.29, 1.82) is 0 Å². The maximum atomic E-state index is 12.4. The normalized spacial score (nSPS) is 14.6. The van der Waals surface area contributed by atoms with Gasteiger partial charge < -0.3 is 9.73 Å². The molecule has 0 saturated heterocycles. The molecular formula is C22H23ClN2O3. The highest BCUT2D eigenvalue weighted by molar-refractivity contribution is 6.31. The Bertz CT molecular complexity index is 1080. The molecule has 1 amide bonds. The molecule has 0 bridgehead atoms. The number of fused-ring (bicyclic) bond motifs is 2. The number of hydrogen-bond acceptors (Lipinski definition) is 3. The predicted molar refractivity (Wildman–Crippen MR) is 110 cm³/mol. The Morgan fingerprint density at radius 2 is 1.96 bits per heavy atom. The van der Waals surface area contributed by atoms with Crippen LogP contribution >= 0.6 is 11.6 Å². The van der Waals surface area contributed by atoms with Crippen molar-refractivity contribution in [2.75, 3.05) is 0 Å². The lowest BCUT2D eigenvalue weighted by atomic mass is 9.89. The molecule has 1 heterocycles. The van der Waals surface area contributed by atoms with Crippen LogP contribution in [-0.4, -0.2) is 10.5 Å². The fraction of sp³-hybridized carbons (Fsp3) is 0.364. The predicted octanol–water partition coefficient (Wildman–Crippen LogP) is 4.39. The zero-order valence-corrected chi connectivity index (χ0v) is 16.6. The number of rotatable bonds is 5. The van der Waals surface area contributed by atoms with Crippen LogP contribution in [0.25, 0.3) is 11.1 Å². The van der Waals surface area contributed by atoms with Crippen LogP contribution in [0.3, 0.4) is 0 Å². The van der Waals surface area contributed by atoms with Crippen molar-refractivity contribution in [3.63, 3.8) is 0 Å². The first-order chi connectivity index (χ1) is 13.5. The number of carbonyl (C=O) groups excluding carboxylic acids is 1. The molecule has 0 saturated carbocycles. The summed E-state index contributed by atoms with van der Waals surface area (Å²) in [4.78, 5) is 24.5. The van der Waals surface area contributed by atoms with Crippen molar-refractivity contribution < 1.29 is 9.21 Å². The van der Waals surface area contributed by atoms with Gasteiger partial charge in [-0.3, -0.25) is 9.36 Å². The number of nitrogens with one attached hydrogen (secondary N) is 1. The number of aryl methyl sites for hydroxylation is 3. The standard InChI is InChI=1S/C22H23ClN2O3/c1-14(16-7-6-15-4-2-3-5-17(15)12-16)24-21(26)10-11-25-19-9-8-18(23)13-20(19)28-22(25)27/h6-9,12-14H,2-5,10-11H2,1H3,(H,24,26)/t14-/m1/s1. The summed E-state index contributed by atoms with van der Waals surface area (Å²) in [5.41, 5.74) is 5.03. The number of halogens is 1. The summed E-state index contributed by atoms with van der Waals surface area (Å²) in [6.45, 7) is 2.25. The van der Waals surface area contributed by atoms with Crippen LogP contribution in [0.1, 0.15) is 48.9 Å². The Kier molecular flexibility index (Phi) is 5.27. The first-order valence-corrected chi connectivity index (χ1v) is 10.1. The molecule has 28 heavy (non-hydrogen) atoms. The fourth-order valence-corrected chi connectivity index (χ4v) is 4.05. The van der Waals surface area contributed by atoms with Crippen LogP contribution in [0.5, 0.6) is 0 Å². The molecule has 0 fully saturated rings. The van der Waals surface area contributed by atoms with E-state index in [0.717, 1.165) is 18.4 Å². The van der Waals surface area contributed by atoms with E-state index >= 15 is 0 Å². The smallest absolute Gasteiger partial charge is 0.408 e. The molecule has 0 spiro atoms. The average molecular weight is 399 g/mol. The van der Waals surface area contributed by atoms with E-state index in [1.807, 2.05) is 6.92 Å². The first-order valence-electron chi connectivity index (χ1n) is 9.71. The maximum Gasteiger partial charge on any atom is 0.419 e. The monoisotopic (exact) mass is 398 g/mol. The molecule has 1 aromatic heterocycles. The number of carbonyl (C=O) groups is 1. The molecule has 146 valence electrons. The van der Waals surface area contributed by atoms with Crippen LogP contribution in [0.2, 0.25) is 5.02 Å². The van der Waals surface area contributed by atoms with E-state index in [2.05, 4.69) is 23.5 Å². The number of aromatic nitrogens is 1. The summed E-state index contributed by atoms with van der Waals surface area (Å²) in [7, 11) is 0. The van der Waals surface area contributed by atoms with Crippen molar-refractivity contribution in [2.24, 2.45) is 0 Å². The van der Waals surface area contributed by atoms with Crippen molar-refractivity contribution in [3.05, 3.63) is 68.7 Å². The minimum atomic E-state index is -0.479. The molecule has 1 atom stereocenters. The SMILES string of the molecule is C[C@@H](NC(=O)CCn1c(=O)oc2cc(Cl)ccc21)c1ccc2c(c1)CCCC2. The molecule has 2 aromatic carbocycles. The second-order valence-electron chi connectivity index (χ2n) is 7.41. The summed E-state index contributed by atoms with van der Waals surface area (Å²) in [6.07, 6.45) is 4.95. The van der Waals surface area contributed by atoms with Crippen molar-refractivity contribution in [3.8, 4) is 0 Å². The number of hydrogen-bond donors (Lipinski definition) is 1. The van der Waals surface area contributed by atoms with Gasteiger partial charge in [0.2, 0.25) is 5.91 Å². The molecule has 0 unspecified atom stereocenters. The first kappa shape index (κ1) is 18.8. The van der Waals surface area contributed by atoms with Gasteiger partial charge in [0.25, 0.3) is 0 Å². The van der Waals surface area contributed by atoms with Gasteiger partial charge in [-0.15, -0.1) is 0 Å². The molecule has 5 nitrogen and oxygen atoms in total. The second kappa shape index (κ2) is 7.84. The molecule has 3 aromatic rings. The Morgan fingerprint density at radius 3 is 2.79 bits per heavy atom. The van der Waals surface area contributed by atoms with Crippen molar-refractivity contribution in [1.82, 2.24) is 9.88 Å². The van der Waals surface area contributed by atoms with E-state index in [0.29, 0.717) is 16.1 Å².